The van der Waals surface area contributed by atoms with Crippen molar-refractivity contribution in [1.29, 1.82) is 0 Å². The van der Waals surface area contributed by atoms with E-state index in [1.54, 1.807) is 0 Å². The summed E-state index contributed by atoms with van der Waals surface area (Å²) in [5, 5.41) is 9.28. The monoisotopic (exact) mass is 365 g/mol. The molecule has 5 heteroatoms. The maximum absolute atomic E-state index is 12.7. The molecule has 27 heavy (non-hydrogen) atoms. The minimum Gasteiger partial charge on any atom is -0.370 e. The molecule has 3 N–H and O–H groups in total. The molecule has 2 amide bonds. The molecule has 142 valence electrons. The number of benzene rings is 2. The second-order valence-corrected chi connectivity index (χ2v) is 7.49. The van der Waals surface area contributed by atoms with E-state index in [-0.39, 0.29) is 11.8 Å². The summed E-state index contributed by atoms with van der Waals surface area (Å²) in [6.07, 6.45) is 2.60. The smallest absolute Gasteiger partial charge is 0.247 e. The lowest BCUT2D eigenvalue weighted by Crippen LogP contribution is -2.34. The SMILES string of the molecule is CC(C)CC(=O)Nc1ccc(NC(C(=O)NC2CC2)c2ccccc2)cc1. The minimum absolute atomic E-state index is 0.0108. The topological polar surface area (TPSA) is 70.2 Å². The van der Waals surface area contributed by atoms with Gasteiger partial charge in [0.25, 0.3) is 0 Å². The van der Waals surface area contributed by atoms with Gasteiger partial charge in [-0.05, 0) is 48.6 Å². The first-order chi connectivity index (χ1) is 13.0. The summed E-state index contributed by atoms with van der Waals surface area (Å²) in [6.45, 7) is 4.03. The fourth-order valence-electron chi connectivity index (χ4n) is 2.86. The molecule has 3 rings (SSSR count). The van der Waals surface area contributed by atoms with Gasteiger partial charge in [0.05, 0.1) is 0 Å². The third kappa shape index (κ3) is 5.84. The molecule has 2 aromatic carbocycles. The summed E-state index contributed by atoms with van der Waals surface area (Å²) >= 11 is 0. The molecule has 1 fully saturated rings. The third-order valence-corrected chi connectivity index (χ3v) is 4.39. The Bertz CT molecular complexity index is 768. The second kappa shape index (κ2) is 8.71. The Labute approximate surface area is 160 Å². The maximum Gasteiger partial charge on any atom is 0.247 e. The second-order valence-electron chi connectivity index (χ2n) is 7.49. The van der Waals surface area contributed by atoms with Gasteiger partial charge in [0.1, 0.15) is 6.04 Å². The van der Waals surface area contributed by atoms with Gasteiger partial charge in [0, 0.05) is 23.8 Å². The highest BCUT2D eigenvalue weighted by atomic mass is 16.2. The van der Waals surface area contributed by atoms with Crippen molar-refractivity contribution in [3.8, 4) is 0 Å². The highest BCUT2D eigenvalue weighted by Gasteiger charge is 2.28. The Morgan fingerprint density at radius 3 is 2.19 bits per heavy atom. The van der Waals surface area contributed by atoms with Crippen molar-refractivity contribution in [2.24, 2.45) is 5.92 Å². The van der Waals surface area contributed by atoms with E-state index in [1.165, 1.54) is 0 Å². The summed E-state index contributed by atoms with van der Waals surface area (Å²) in [6, 6.07) is 17.0. The van der Waals surface area contributed by atoms with Gasteiger partial charge in [-0.15, -0.1) is 0 Å². The first-order valence-corrected chi connectivity index (χ1v) is 9.53. The largest absolute Gasteiger partial charge is 0.370 e. The molecule has 0 aromatic heterocycles. The Morgan fingerprint density at radius 1 is 0.963 bits per heavy atom. The van der Waals surface area contributed by atoms with Crippen LogP contribution in [0.4, 0.5) is 11.4 Å². The van der Waals surface area contributed by atoms with Crippen LogP contribution in [0.15, 0.2) is 54.6 Å². The number of rotatable bonds is 8. The number of carbonyl (C=O) groups excluding carboxylic acids is 2. The van der Waals surface area contributed by atoms with E-state index in [1.807, 2.05) is 68.4 Å². The molecule has 1 atom stereocenters. The molecule has 0 aliphatic heterocycles. The number of hydrogen-bond acceptors (Lipinski definition) is 3. The molecular weight excluding hydrogens is 338 g/mol. The van der Waals surface area contributed by atoms with Crippen molar-refractivity contribution in [3.63, 3.8) is 0 Å². The average Bonchev–Trinajstić information content (AvgIpc) is 3.45. The number of carbonyl (C=O) groups is 2. The molecule has 5 nitrogen and oxygen atoms in total. The number of anilines is 2. The van der Waals surface area contributed by atoms with Crippen molar-refractivity contribution in [1.82, 2.24) is 5.32 Å². The van der Waals surface area contributed by atoms with Gasteiger partial charge in [-0.2, -0.15) is 0 Å². The van der Waals surface area contributed by atoms with E-state index in [9.17, 15) is 9.59 Å². The normalized spacial score (nSPS) is 14.5. The Hall–Kier alpha value is -2.82. The third-order valence-electron chi connectivity index (χ3n) is 4.39. The molecule has 2 aromatic rings. The van der Waals surface area contributed by atoms with Crippen LogP contribution in [0.2, 0.25) is 0 Å². The van der Waals surface area contributed by atoms with Gasteiger partial charge in [0.15, 0.2) is 0 Å². The van der Waals surface area contributed by atoms with Crippen LogP contribution in [-0.2, 0) is 9.59 Å². The molecular formula is C22H27N3O2. The van der Waals surface area contributed by atoms with E-state index >= 15 is 0 Å². The van der Waals surface area contributed by atoms with Crippen LogP contribution < -0.4 is 16.0 Å². The average molecular weight is 365 g/mol. The van der Waals surface area contributed by atoms with E-state index in [0.717, 1.165) is 29.8 Å². The van der Waals surface area contributed by atoms with E-state index in [4.69, 9.17) is 0 Å². The Balaban J connectivity index is 1.68. The predicted octanol–water partition coefficient (Wildman–Crippen LogP) is 4.10. The molecule has 1 aliphatic carbocycles. The zero-order valence-corrected chi connectivity index (χ0v) is 15.9. The molecule has 1 saturated carbocycles. The fraction of sp³-hybridized carbons (Fsp3) is 0.364. The lowest BCUT2D eigenvalue weighted by molar-refractivity contribution is -0.122. The van der Waals surface area contributed by atoms with E-state index in [0.29, 0.717) is 18.4 Å². The van der Waals surface area contributed by atoms with Crippen molar-refractivity contribution in [2.45, 2.75) is 45.2 Å². The van der Waals surface area contributed by atoms with Crippen molar-refractivity contribution in [2.75, 3.05) is 10.6 Å². The van der Waals surface area contributed by atoms with Crippen molar-refractivity contribution < 1.29 is 9.59 Å². The van der Waals surface area contributed by atoms with E-state index in [2.05, 4.69) is 16.0 Å². The molecule has 0 saturated heterocycles. The molecule has 0 heterocycles. The fourth-order valence-corrected chi connectivity index (χ4v) is 2.86. The molecule has 0 bridgehead atoms. The van der Waals surface area contributed by atoms with Gasteiger partial charge in [-0.25, -0.2) is 0 Å². The molecule has 1 unspecified atom stereocenters. The van der Waals surface area contributed by atoms with Crippen molar-refractivity contribution >= 4 is 23.2 Å². The number of hydrogen-bond donors (Lipinski definition) is 3. The standard InChI is InChI=1S/C22H27N3O2/c1-15(2)14-20(26)23-17-8-10-18(11-9-17)24-21(16-6-4-3-5-7-16)22(27)25-19-12-13-19/h3-11,15,19,21,24H,12-14H2,1-2H3,(H,23,26)(H,25,27). The zero-order chi connectivity index (χ0) is 19.2. The lowest BCUT2D eigenvalue weighted by atomic mass is 10.1. The highest BCUT2D eigenvalue weighted by molar-refractivity contribution is 5.91. The Morgan fingerprint density at radius 2 is 1.59 bits per heavy atom. The molecule has 0 radical (unpaired) electrons. The quantitative estimate of drug-likeness (QED) is 0.659. The first kappa shape index (κ1) is 19.0. The molecule has 0 spiro atoms. The van der Waals surface area contributed by atoms with Crippen LogP contribution in [0.1, 0.15) is 44.7 Å². The first-order valence-electron chi connectivity index (χ1n) is 9.53. The zero-order valence-electron chi connectivity index (χ0n) is 15.9. The van der Waals surface area contributed by atoms with Crippen molar-refractivity contribution in [3.05, 3.63) is 60.2 Å². The molecule has 1 aliphatic rings. The van der Waals surface area contributed by atoms with Crippen LogP contribution in [0, 0.1) is 5.92 Å². The van der Waals surface area contributed by atoms with Gasteiger partial charge >= 0.3 is 0 Å². The van der Waals surface area contributed by atoms with E-state index < -0.39 is 6.04 Å². The lowest BCUT2D eigenvalue weighted by Gasteiger charge is -2.20. The van der Waals surface area contributed by atoms with Gasteiger partial charge in [-0.1, -0.05) is 44.2 Å². The van der Waals surface area contributed by atoms with Gasteiger partial charge < -0.3 is 16.0 Å². The summed E-state index contributed by atoms with van der Waals surface area (Å²) in [5.41, 5.74) is 2.51. The summed E-state index contributed by atoms with van der Waals surface area (Å²) < 4.78 is 0. The summed E-state index contributed by atoms with van der Waals surface area (Å²) in [4.78, 5) is 24.6. The van der Waals surface area contributed by atoms with Crippen LogP contribution in [0.3, 0.4) is 0 Å². The summed E-state index contributed by atoms with van der Waals surface area (Å²) in [7, 11) is 0. The number of amides is 2. The van der Waals surface area contributed by atoms with Gasteiger partial charge in [0.2, 0.25) is 11.8 Å². The maximum atomic E-state index is 12.7. The minimum atomic E-state index is -0.451. The van der Waals surface area contributed by atoms with Gasteiger partial charge in [-0.3, -0.25) is 9.59 Å². The van der Waals surface area contributed by atoms with Crippen LogP contribution in [0.5, 0.6) is 0 Å². The highest BCUT2D eigenvalue weighted by Crippen LogP contribution is 2.24. The van der Waals surface area contributed by atoms with Crippen LogP contribution >= 0.6 is 0 Å². The van der Waals surface area contributed by atoms with Crippen LogP contribution in [0.25, 0.3) is 0 Å². The Kier molecular flexibility index (Phi) is 6.12. The summed E-state index contributed by atoms with van der Waals surface area (Å²) in [5.74, 6) is 0.317. The number of nitrogens with one attached hydrogen (secondary N) is 3. The van der Waals surface area contributed by atoms with Crippen LogP contribution in [-0.4, -0.2) is 17.9 Å². The predicted molar refractivity (Wildman–Crippen MR) is 108 cm³/mol.